The normalized spacial score (nSPS) is 21.6. The van der Waals surface area contributed by atoms with Crippen LogP contribution in [0.25, 0.3) is 0 Å². The Morgan fingerprint density at radius 2 is 2.19 bits per heavy atom. The van der Waals surface area contributed by atoms with Gasteiger partial charge in [-0.1, -0.05) is 32.3 Å². The van der Waals surface area contributed by atoms with Crippen molar-refractivity contribution in [3.63, 3.8) is 0 Å². The third-order valence-corrected chi connectivity index (χ3v) is 3.36. The number of hydrogen-bond acceptors (Lipinski definition) is 1. The van der Waals surface area contributed by atoms with Crippen LogP contribution in [0.1, 0.15) is 58.8 Å². The molecule has 1 fully saturated rings. The van der Waals surface area contributed by atoms with Gasteiger partial charge in [0.05, 0.1) is 0 Å². The summed E-state index contributed by atoms with van der Waals surface area (Å²) >= 11 is 0. The molecule has 0 aromatic rings. The fourth-order valence-electron chi connectivity index (χ4n) is 2.46. The lowest BCUT2D eigenvalue weighted by atomic mass is 9.96. The molecule has 0 N–H and O–H groups in total. The van der Waals surface area contributed by atoms with Crippen LogP contribution in [0.5, 0.6) is 0 Å². The maximum atomic E-state index is 11.9. The Bertz CT molecular complexity index is 235. The molecule has 1 amide bonds. The first-order valence-electron chi connectivity index (χ1n) is 6.73. The maximum absolute atomic E-state index is 11.9. The minimum Gasteiger partial charge on any atom is -0.336 e. The number of nitrogens with zero attached hydrogens (tertiary/aromatic N) is 1. The molecule has 0 bridgehead atoms. The molecule has 0 aromatic carbocycles. The van der Waals surface area contributed by atoms with Crippen LogP contribution in [0.3, 0.4) is 0 Å². The van der Waals surface area contributed by atoms with E-state index in [1.54, 1.807) is 6.08 Å². The largest absolute Gasteiger partial charge is 0.336 e. The molecule has 1 rings (SSSR count). The van der Waals surface area contributed by atoms with Crippen LogP contribution in [0.4, 0.5) is 0 Å². The second kappa shape index (κ2) is 7.48. The molecular weight excluding hydrogens is 198 g/mol. The fraction of sp³-hybridized carbons (Fsp3) is 0.786. The van der Waals surface area contributed by atoms with Crippen molar-refractivity contribution in [3.8, 4) is 0 Å². The summed E-state index contributed by atoms with van der Waals surface area (Å²) in [4.78, 5) is 14.0. The van der Waals surface area contributed by atoms with Gasteiger partial charge in [0.15, 0.2) is 0 Å². The summed E-state index contributed by atoms with van der Waals surface area (Å²) in [6.07, 6.45) is 12.2. The van der Waals surface area contributed by atoms with Crippen LogP contribution in [0, 0.1) is 0 Å². The predicted molar refractivity (Wildman–Crippen MR) is 68.3 cm³/mol. The molecule has 1 unspecified atom stereocenters. The zero-order valence-electron chi connectivity index (χ0n) is 10.7. The second-order valence-corrected chi connectivity index (χ2v) is 4.68. The van der Waals surface area contributed by atoms with E-state index in [9.17, 15) is 4.79 Å². The van der Waals surface area contributed by atoms with E-state index in [0.717, 1.165) is 6.54 Å². The second-order valence-electron chi connectivity index (χ2n) is 4.68. The number of amides is 1. The molecule has 1 aliphatic heterocycles. The molecule has 1 aliphatic rings. The molecular formula is C14H25NO. The van der Waals surface area contributed by atoms with Crippen molar-refractivity contribution in [2.24, 2.45) is 0 Å². The van der Waals surface area contributed by atoms with Crippen molar-refractivity contribution in [3.05, 3.63) is 12.2 Å². The average Bonchev–Trinajstić information content (AvgIpc) is 2.30. The number of rotatable bonds is 5. The van der Waals surface area contributed by atoms with Gasteiger partial charge in [-0.2, -0.15) is 0 Å². The number of carbonyl (C=O) groups excluding carboxylic acids is 1. The highest BCUT2D eigenvalue weighted by Crippen LogP contribution is 2.22. The predicted octanol–water partition coefficient (Wildman–Crippen LogP) is 3.52. The molecule has 16 heavy (non-hydrogen) atoms. The summed E-state index contributed by atoms with van der Waals surface area (Å²) in [6.45, 7) is 5.09. The first-order valence-corrected chi connectivity index (χ1v) is 6.73. The maximum Gasteiger partial charge on any atom is 0.246 e. The zero-order valence-corrected chi connectivity index (χ0v) is 10.7. The quantitative estimate of drug-likeness (QED) is 0.516. The van der Waals surface area contributed by atoms with Crippen LogP contribution in [-0.2, 0) is 4.79 Å². The molecule has 1 saturated heterocycles. The first-order chi connectivity index (χ1) is 7.79. The van der Waals surface area contributed by atoms with Gasteiger partial charge in [-0.05, 0) is 38.7 Å². The zero-order chi connectivity index (χ0) is 11.8. The lowest BCUT2D eigenvalue weighted by Gasteiger charge is -2.35. The van der Waals surface area contributed by atoms with Crippen molar-refractivity contribution in [2.45, 2.75) is 64.8 Å². The highest BCUT2D eigenvalue weighted by molar-refractivity contribution is 5.87. The standard InChI is InChI=1S/C14H25NO/c1-3-5-6-10-13-11-7-8-12-15(13)14(16)9-4-2/h4,9,13H,3,5-8,10-12H2,1-2H3/b9-4+. The Hall–Kier alpha value is -0.790. The van der Waals surface area contributed by atoms with Crippen molar-refractivity contribution in [1.82, 2.24) is 4.90 Å². The van der Waals surface area contributed by atoms with E-state index in [-0.39, 0.29) is 5.91 Å². The fourth-order valence-corrected chi connectivity index (χ4v) is 2.46. The minimum atomic E-state index is 0.212. The van der Waals surface area contributed by atoms with E-state index >= 15 is 0 Å². The van der Waals surface area contributed by atoms with Crippen LogP contribution in [0.2, 0.25) is 0 Å². The van der Waals surface area contributed by atoms with Gasteiger partial charge in [-0.3, -0.25) is 4.79 Å². The Balaban J connectivity index is 2.46. The van der Waals surface area contributed by atoms with Gasteiger partial charge in [-0.15, -0.1) is 0 Å². The number of allylic oxidation sites excluding steroid dienone is 1. The molecule has 0 spiro atoms. The summed E-state index contributed by atoms with van der Waals surface area (Å²) in [5.74, 6) is 0.212. The molecule has 0 aliphatic carbocycles. The van der Waals surface area contributed by atoms with E-state index in [4.69, 9.17) is 0 Å². The lowest BCUT2D eigenvalue weighted by Crippen LogP contribution is -2.42. The number of hydrogen-bond donors (Lipinski definition) is 0. The van der Waals surface area contributed by atoms with Crippen molar-refractivity contribution in [2.75, 3.05) is 6.54 Å². The molecule has 1 heterocycles. The summed E-state index contributed by atoms with van der Waals surface area (Å²) in [5.41, 5.74) is 0. The van der Waals surface area contributed by atoms with Gasteiger partial charge in [0.2, 0.25) is 5.91 Å². The highest BCUT2D eigenvalue weighted by atomic mass is 16.2. The van der Waals surface area contributed by atoms with Gasteiger partial charge in [0.25, 0.3) is 0 Å². The number of likely N-dealkylation sites (tertiary alicyclic amines) is 1. The smallest absolute Gasteiger partial charge is 0.246 e. The van der Waals surface area contributed by atoms with Gasteiger partial charge in [-0.25, -0.2) is 0 Å². The van der Waals surface area contributed by atoms with E-state index in [1.807, 2.05) is 13.0 Å². The van der Waals surface area contributed by atoms with E-state index in [2.05, 4.69) is 11.8 Å². The Morgan fingerprint density at radius 1 is 1.38 bits per heavy atom. The van der Waals surface area contributed by atoms with Crippen LogP contribution < -0.4 is 0 Å². The molecule has 1 atom stereocenters. The monoisotopic (exact) mass is 223 g/mol. The highest BCUT2D eigenvalue weighted by Gasteiger charge is 2.24. The average molecular weight is 223 g/mol. The van der Waals surface area contributed by atoms with Crippen molar-refractivity contribution < 1.29 is 4.79 Å². The van der Waals surface area contributed by atoms with Gasteiger partial charge in [0.1, 0.15) is 0 Å². The third-order valence-electron chi connectivity index (χ3n) is 3.36. The minimum absolute atomic E-state index is 0.212. The summed E-state index contributed by atoms with van der Waals surface area (Å²) in [6, 6.07) is 0.504. The van der Waals surface area contributed by atoms with E-state index < -0.39 is 0 Å². The van der Waals surface area contributed by atoms with E-state index in [0.29, 0.717) is 6.04 Å². The molecule has 2 heteroatoms. The van der Waals surface area contributed by atoms with Crippen molar-refractivity contribution >= 4 is 5.91 Å². The van der Waals surface area contributed by atoms with Gasteiger partial charge < -0.3 is 4.90 Å². The summed E-state index contributed by atoms with van der Waals surface area (Å²) < 4.78 is 0. The summed E-state index contributed by atoms with van der Waals surface area (Å²) in [5, 5.41) is 0. The number of unbranched alkanes of at least 4 members (excludes halogenated alkanes) is 2. The number of piperidine rings is 1. The molecule has 2 nitrogen and oxygen atoms in total. The molecule has 0 aromatic heterocycles. The SMILES string of the molecule is C/C=C/C(=O)N1CCCCC1CCCCC. The summed E-state index contributed by atoms with van der Waals surface area (Å²) in [7, 11) is 0. The molecule has 0 radical (unpaired) electrons. The Morgan fingerprint density at radius 3 is 2.88 bits per heavy atom. The lowest BCUT2D eigenvalue weighted by molar-refractivity contribution is -0.129. The van der Waals surface area contributed by atoms with E-state index in [1.165, 1.54) is 44.9 Å². The van der Waals surface area contributed by atoms with Crippen LogP contribution in [-0.4, -0.2) is 23.4 Å². The first kappa shape index (κ1) is 13.3. The molecule has 92 valence electrons. The Kier molecular flexibility index (Phi) is 6.20. The third kappa shape index (κ3) is 3.99. The van der Waals surface area contributed by atoms with Crippen molar-refractivity contribution in [1.29, 1.82) is 0 Å². The number of carbonyl (C=O) groups is 1. The Labute approximate surface area is 99.7 Å². The van der Waals surface area contributed by atoms with Crippen LogP contribution in [0.15, 0.2) is 12.2 Å². The van der Waals surface area contributed by atoms with Gasteiger partial charge >= 0.3 is 0 Å². The topological polar surface area (TPSA) is 20.3 Å². The van der Waals surface area contributed by atoms with Gasteiger partial charge in [0, 0.05) is 12.6 Å². The van der Waals surface area contributed by atoms with Crippen LogP contribution >= 0.6 is 0 Å². The molecule has 0 saturated carbocycles.